The molecule has 1 fully saturated rings. The molecule has 1 aliphatic rings. The van der Waals surface area contributed by atoms with E-state index < -0.39 is 0 Å². The zero-order valence-corrected chi connectivity index (χ0v) is 9.51. The van der Waals surface area contributed by atoms with E-state index in [1.165, 1.54) is 25.8 Å². The second-order valence-electron chi connectivity index (χ2n) is 4.39. The molecule has 0 unspecified atom stereocenters. The largest absolute Gasteiger partial charge is 0.252 e. The maximum absolute atomic E-state index is 3.64. The Morgan fingerprint density at radius 1 is 1.31 bits per heavy atom. The van der Waals surface area contributed by atoms with Crippen molar-refractivity contribution in [2.75, 3.05) is 6.54 Å². The van der Waals surface area contributed by atoms with E-state index in [0.29, 0.717) is 12.1 Å². The molecule has 0 aromatic heterocycles. The van der Waals surface area contributed by atoms with Gasteiger partial charge in [0.15, 0.2) is 0 Å². The summed E-state index contributed by atoms with van der Waals surface area (Å²) in [7, 11) is 0. The highest BCUT2D eigenvalue weighted by atomic mass is 15.5. The van der Waals surface area contributed by atoms with Crippen molar-refractivity contribution in [1.29, 1.82) is 0 Å². The fraction of sp³-hybridized carbons (Fsp3) is 1.00. The van der Waals surface area contributed by atoms with Gasteiger partial charge in [0.05, 0.1) is 0 Å². The van der Waals surface area contributed by atoms with Gasteiger partial charge < -0.3 is 0 Å². The molecule has 13 heavy (non-hydrogen) atoms. The molecule has 0 bridgehead atoms. The van der Waals surface area contributed by atoms with Crippen LogP contribution in [0.3, 0.4) is 0 Å². The van der Waals surface area contributed by atoms with Gasteiger partial charge in [-0.15, -0.1) is 0 Å². The minimum Gasteiger partial charge on any atom is -0.252 e. The van der Waals surface area contributed by atoms with E-state index in [-0.39, 0.29) is 0 Å². The summed E-state index contributed by atoms with van der Waals surface area (Å²) in [5, 5.41) is 2.39. The van der Waals surface area contributed by atoms with Crippen molar-refractivity contribution in [3.05, 3.63) is 0 Å². The lowest BCUT2D eigenvalue weighted by atomic mass is 9.90. The molecule has 1 N–H and O–H groups in total. The molecule has 2 atom stereocenters. The Morgan fingerprint density at radius 2 is 2.00 bits per heavy atom. The maximum atomic E-state index is 3.64. The number of nitrogens with zero attached hydrogens (tertiary/aromatic N) is 1. The van der Waals surface area contributed by atoms with Gasteiger partial charge in [0.1, 0.15) is 0 Å². The topological polar surface area (TPSA) is 15.3 Å². The first-order chi connectivity index (χ1) is 6.19. The Morgan fingerprint density at radius 3 is 2.46 bits per heavy atom. The molecule has 1 rings (SSSR count). The Labute approximate surface area is 82.7 Å². The SMILES string of the molecule is CC[C@H]1CCN(C(C)C)N[C@@H]1CC. The molecule has 0 aliphatic carbocycles. The first kappa shape index (κ1) is 11.0. The summed E-state index contributed by atoms with van der Waals surface area (Å²) >= 11 is 0. The predicted molar refractivity (Wildman–Crippen MR) is 57.5 cm³/mol. The molecule has 1 saturated heterocycles. The zero-order valence-electron chi connectivity index (χ0n) is 9.51. The summed E-state index contributed by atoms with van der Waals surface area (Å²) in [6, 6.07) is 1.34. The first-order valence-corrected chi connectivity index (χ1v) is 5.71. The molecule has 0 saturated carbocycles. The minimum absolute atomic E-state index is 0.631. The third-order valence-electron chi connectivity index (χ3n) is 3.23. The van der Waals surface area contributed by atoms with E-state index >= 15 is 0 Å². The molecule has 0 radical (unpaired) electrons. The molecule has 1 heterocycles. The van der Waals surface area contributed by atoms with E-state index in [2.05, 4.69) is 38.1 Å². The third kappa shape index (κ3) is 2.68. The van der Waals surface area contributed by atoms with Gasteiger partial charge in [-0.2, -0.15) is 0 Å². The Hall–Kier alpha value is -0.0800. The smallest absolute Gasteiger partial charge is 0.0241 e. The van der Waals surface area contributed by atoms with Crippen LogP contribution in [0.4, 0.5) is 0 Å². The number of hydrogen-bond donors (Lipinski definition) is 1. The Bertz CT molecular complexity index is 145. The summed E-state index contributed by atoms with van der Waals surface area (Å²) in [6.07, 6.45) is 3.93. The highest BCUT2D eigenvalue weighted by molar-refractivity contribution is 4.80. The van der Waals surface area contributed by atoms with E-state index in [1.54, 1.807) is 0 Å². The van der Waals surface area contributed by atoms with Crippen molar-refractivity contribution in [3.8, 4) is 0 Å². The van der Waals surface area contributed by atoms with E-state index in [0.717, 1.165) is 5.92 Å². The zero-order chi connectivity index (χ0) is 9.84. The van der Waals surface area contributed by atoms with Crippen LogP contribution in [0.5, 0.6) is 0 Å². The molecule has 78 valence electrons. The average molecular weight is 184 g/mol. The van der Waals surface area contributed by atoms with E-state index in [1.807, 2.05) is 0 Å². The minimum atomic E-state index is 0.631. The molecule has 0 aromatic rings. The summed E-state index contributed by atoms with van der Waals surface area (Å²) in [5.74, 6) is 0.889. The van der Waals surface area contributed by atoms with Crippen molar-refractivity contribution in [3.63, 3.8) is 0 Å². The van der Waals surface area contributed by atoms with Crippen LogP contribution in [0.25, 0.3) is 0 Å². The van der Waals surface area contributed by atoms with Crippen molar-refractivity contribution in [2.45, 2.75) is 59.0 Å². The van der Waals surface area contributed by atoms with Crippen LogP contribution in [0.2, 0.25) is 0 Å². The van der Waals surface area contributed by atoms with E-state index in [9.17, 15) is 0 Å². The van der Waals surface area contributed by atoms with Gasteiger partial charge in [-0.25, -0.2) is 5.01 Å². The van der Waals surface area contributed by atoms with Crippen LogP contribution in [0.15, 0.2) is 0 Å². The second-order valence-corrected chi connectivity index (χ2v) is 4.39. The lowest BCUT2D eigenvalue weighted by Crippen LogP contribution is -2.55. The molecule has 2 heteroatoms. The molecule has 2 nitrogen and oxygen atoms in total. The lowest BCUT2D eigenvalue weighted by Gasteiger charge is -2.41. The predicted octanol–water partition coefficient (Wildman–Crippen LogP) is 2.41. The summed E-state index contributed by atoms with van der Waals surface area (Å²) in [4.78, 5) is 0. The second kappa shape index (κ2) is 4.97. The summed E-state index contributed by atoms with van der Waals surface area (Å²) in [6.45, 7) is 10.3. The first-order valence-electron chi connectivity index (χ1n) is 5.71. The normalized spacial score (nSPS) is 31.2. The van der Waals surface area contributed by atoms with Crippen molar-refractivity contribution < 1.29 is 0 Å². The summed E-state index contributed by atoms with van der Waals surface area (Å²) < 4.78 is 0. The monoisotopic (exact) mass is 184 g/mol. The molecular formula is C11H24N2. The van der Waals surface area contributed by atoms with Gasteiger partial charge >= 0.3 is 0 Å². The van der Waals surface area contributed by atoms with Gasteiger partial charge in [-0.05, 0) is 32.6 Å². The average Bonchev–Trinajstić information content (AvgIpc) is 2.16. The van der Waals surface area contributed by atoms with Crippen molar-refractivity contribution in [1.82, 2.24) is 10.4 Å². The van der Waals surface area contributed by atoms with Crippen LogP contribution in [-0.4, -0.2) is 23.6 Å². The number of rotatable bonds is 3. The highest BCUT2D eigenvalue weighted by Gasteiger charge is 2.26. The van der Waals surface area contributed by atoms with Crippen molar-refractivity contribution in [2.24, 2.45) is 5.92 Å². The number of nitrogens with one attached hydrogen (secondary N) is 1. The van der Waals surface area contributed by atoms with Crippen molar-refractivity contribution >= 4 is 0 Å². The van der Waals surface area contributed by atoms with Gasteiger partial charge in [0, 0.05) is 18.6 Å². The molecule has 0 aromatic carbocycles. The molecule has 0 spiro atoms. The van der Waals surface area contributed by atoms with Crippen LogP contribution in [0, 0.1) is 5.92 Å². The quantitative estimate of drug-likeness (QED) is 0.724. The fourth-order valence-electron chi connectivity index (χ4n) is 2.21. The van der Waals surface area contributed by atoms with Gasteiger partial charge in [0.2, 0.25) is 0 Å². The molecule has 1 aliphatic heterocycles. The third-order valence-corrected chi connectivity index (χ3v) is 3.23. The van der Waals surface area contributed by atoms with Gasteiger partial charge in [-0.1, -0.05) is 20.3 Å². The van der Waals surface area contributed by atoms with Crippen LogP contribution in [-0.2, 0) is 0 Å². The van der Waals surface area contributed by atoms with Gasteiger partial charge in [0.25, 0.3) is 0 Å². The maximum Gasteiger partial charge on any atom is 0.0241 e. The van der Waals surface area contributed by atoms with E-state index in [4.69, 9.17) is 0 Å². The number of hydrogen-bond acceptors (Lipinski definition) is 2. The summed E-state index contributed by atoms with van der Waals surface area (Å²) in [5.41, 5.74) is 3.64. The standard InChI is InChI=1S/C11H24N2/c1-5-10-7-8-13(9(3)4)12-11(10)6-2/h9-12H,5-8H2,1-4H3/t10-,11+/m0/s1. The van der Waals surface area contributed by atoms with Crippen LogP contribution < -0.4 is 5.43 Å². The lowest BCUT2D eigenvalue weighted by molar-refractivity contribution is 0.0428. The Kier molecular flexibility index (Phi) is 4.20. The fourth-order valence-corrected chi connectivity index (χ4v) is 2.21. The Balaban J connectivity index is 2.47. The van der Waals surface area contributed by atoms with Crippen LogP contribution in [0.1, 0.15) is 47.0 Å². The number of hydrazine groups is 1. The molecular weight excluding hydrogens is 160 g/mol. The molecule has 0 amide bonds. The van der Waals surface area contributed by atoms with Crippen LogP contribution >= 0.6 is 0 Å². The highest BCUT2D eigenvalue weighted by Crippen LogP contribution is 2.21. The van der Waals surface area contributed by atoms with Gasteiger partial charge in [-0.3, -0.25) is 5.43 Å².